The third kappa shape index (κ3) is 2.17. The van der Waals surface area contributed by atoms with Crippen molar-refractivity contribution in [2.75, 3.05) is 5.73 Å². The second-order valence-electron chi connectivity index (χ2n) is 4.56. The molecule has 0 saturated heterocycles. The van der Waals surface area contributed by atoms with Gasteiger partial charge in [-0.3, -0.25) is 4.98 Å². The second-order valence-corrected chi connectivity index (χ2v) is 4.56. The van der Waals surface area contributed by atoms with Gasteiger partial charge >= 0.3 is 0 Å². The quantitative estimate of drug-likeness (QED) is 0.729. The van der Waals surface area contributed by atoms with Gasteiger partial charge in [0.25, 0.3) is 0 Å². The topological polar surface area (TPSA) is 56.7 Å². The number of nitrogens with zero attached hydrogens (tertiary/aromatic N) is 3. The average molecular weight is 252 g/mol. The number of nitrogen functional groups attached to an aromatic ring is 1. The molecule has 3 rings (SSSR count). The maximum atomic E-state index is 5.71. The van der Waals surface area contributed by atoms with Crippen molar-refractivity contribution >= 4 is 16.7 Å². The Labute approximate surface area is 111 Å². The maximum absolute atomic E-state index is 5.71. The Morgan fingerprint density at radius 1 is 1.16 bits per heavy atom. The predicted molar refractivity (Wildman–Crippen MR) is 76.9 cm³/mol. The number of nitrogens with two attached hydrogens (primary N) is 1. The lowest BCUT2D eigenvalue weighted by molar-refractivity contribution is 0.733. The molecule has 19 heavy (non-hydrogen) atoms. The lowest BCUT2D eigenvalue weighted by Crippen LogP contribution is -2.02. The molecule has 2 heterocycles. The number of aromatic nitrogens is 3. The number of aryl methyl sites for hydroxylation is 1. The van der Waals surface area contributed by atoms with Gasteiger partial charge in [0, 0.05) is 24.8 Å². The number of benzene rings is 1. The van der Waals surface area contributed by atoms with E-state index in [9.17, 15) is 0 Å². The number of imidazole rings is 1. The van der Waals surface area contributed by atoms with Crippen LogP contribution in [0.15, 0.2) is 42.7 Å². The van der Waals surface area contributed by atoms with Gasteiger partial charge in [-0.05, 0) is 30.7 Å². The third-order valence-electron chi connectivity index (χ3n) is 3.29. The Kier molecular flexibility index (Phi) is 2.91. The van der Waals surface area contributed by atoms with Crippen LogP contribution >= 0.6 is 0 Å². The van der Waals surface area contributed by atoms with Crippen LogP contribution in [0, 0.1) is 0 Å². The molecule has 4 nitrogen and oxygen atoms in total. The number of rotatable bonds is 3. The molecule has 4 heteroatoms. The molecule has 0 radical (unpaired) electrons. The first-order valence-electron chi connectivity index (χ1n) is 6.41. The highest BCUT2D eigenvalue weighted by Gasteiger charge is 2.09. The van der Waals surface area contributed by atoms with Crippen LogP contribution in [0.1, 0.15) is 18.3 Å². The largest absolute Gasteiger partial charge is 0.399 e. The molecular formula is C15H16N4. The summed E-state index contributed by atoms with van der Waals surface area (Å²) in [6.07, 6.45) is 4.43. The van der Waals surface area contributed by atoms with Gasteiger partial charge in [0.15, 0.2) is 0 Å². The van der Waals surface area contributed by atoms with Gasteiger partial charge in [0.2, 0.25) is 0 Å². The first kappa shape index (κ1) is 11.7. The van der Waals surface area contributed by atoms with E-state index in [0.29, 0.717) is 0 Å². The Bertz CT molecular complexity index is 698. The van der Waals surface area contributed by atoms with Gasteiger partial charge in [-0.25, -0.2) is 4.98 Å². The van der Waals surface area contributed by atoms with Crippen LogP contribution in [0.3, 0.4) is 0 Å². The summed E-state index contributed by atoms with van der Waals surface area (Å²) in [5.41, 5.74) is 9.81. The standard InChI is InChI=1S/C15H16N4/c1-2-19-14-7-8-17-10-13(14)18-15(19)9-11-3-5-12(16)6-4-11/h3-8,10H,2,9,16H2,1H3. The average Bonchev–Trinajstić information content (AvgIpc) is 2.78. The fraction of sp³-hybridized carbons (Fsp3) is 0.200. The number of hydrogen-bond donors (Lipinski definition) is 1. The number of fused-ring (bicyclic) bond motifs is 1. The molecule has 1 aromatic carbocycles. The molecule has 0 aliphatic heterocycles. The van der Waals surface area contributed by atoms with Crippen LogP contribution in [-0.2, 0) is 13.0 Å². The molecule has 0 aliphatic carbocycles. The Morgan fingerprint density at radius 3 is 2.68 bits per heavy atom. The van der Waals surface area contributed by atoms with Crippen LogP contribution in [0.25, 0.3) is 11.0 Å². The Morgan fingerprint density at radius 2 is 1.95 bits per heavy atom. The summed E-state index contributed by atoms with van der Waals surface area (Å²) in [6, 6.07) is 9.96. The van der Waals surface area contributed by atoms with Crippen molar-refractivity contribution in [3.63, 3.8) is 0 Å². The van der Waals surface area contributed by atoms with E-state index in [-0.39, 0.29) is 0 Å². The summed E-state index contributed by atoms with van der Waals surface area (Å²) < 4.78 is 2.23. The highest BCUT2D eigenvalue weighted by Crippen LogP contribution is 2.18. The zero-order valence-electron chi connectivity index (χ0n) is 10.9. The van der Waals surface area contributed by atoms with Crippen molar-refractivity contribution in [3.05, 3.63) is 54.1 Å². The maximum Gasteiger partial charge on any atom is 0.114 e. The molecule has 96 valence electrons. The van der Waals surface area contributed by atoms with E-state index in [1.807, 2.05) is 42.7 Å². The van der Waals surface area contributed by atoms with Crippen LogP contribution < -0.4 is 5.73 Å². The minimum Gasteiger partial charge on any atom is -0.399 e. The highest BCUT2D eigenvalue weighted by molar-refractivity contribution is 5.74. The summed E-state index contributed by atoms with van der Waals surface area (Å²) in [7, 11) is 0. The molecule has 3 aromatic rings. The third-order valence-corrected chi connectivity index (χ3v) is 3.29. The van der Waals surface area contributed by atoms with Crippen LogP contribution in [0.5, 0.6) is 0 Å². The minimum atomic E-state index is 0.789. The van der Waals surface area contributed by atoms with Gasteiger partial charge < -0.3 is 10.3 Å². The van der Waals surface area contributed by atoms with Crippen LogP contribution in [0.2, 0.25) is 0 Å². The number of anilines is 1. The minimum absolute atomic E-state index is 0.789. The van der Waals surface area contributed by atoms with Gasteiger partial charge in [-0.1, -0.05) is 12.1 Å². The molecule has 2 aromatic heterocycles. The lowest BCUT2D eigenvalue weighted by atomic mass is 10.1. The normalized spacial score (nSPS) is 11.0. The first-order valence-corrected chi connectivity index (χ1v) is 6.41. The van der Waals surface area contributed by atoms with E-state index in [4.69, 9.17) is 5.73 Å². The summed E-state index contributed by atoms with van der Waals surface area (Å²) in [5.74, 6) is 1.07. The van der Waals surface area contributed by atoms with Crippen molar-refractivity contribution in [2.24, 2.45) is 0 Å². The molecule has 0 saturated carbocycles. The first-order chi connectivity index (χ1) is 9.28. The molecule has 0 bridgehead atoms. The van der Waals surface area contributed by atoms with Gasteiger partial charge in [0.1, 0.15) is 11.3 Å². The van der Waals surface area contributed by atoms with Crippen molar-refractivity contribution in [1.82, 2.24) is 14.5 Å². The summed E-state index contributed by atoms with van der Waals surface area (Å²) in [5, 5.41) is 0. The summed E-state index contributed by atoms with van der Waals surface area (Å²) in [4.78, 5) is 8.80. The molecule has 0 spiro atoms. The molecule has 0 fully saturated rings. The van der Waals surface area contributed by atoms with Crippen LogP contribution in [0.4, 0.5) is 5.69 Å². The van der Waals surface area contributed by atoms with Crippen molar-refractivity contribution in [2.45, 2.75) is 19.9 Å². The molecular weight excluding hydrogens is 236 g/mol. The fourth-order valence-corrected chi connectivity index (χ4v) is 2.34. The number of hydrogen-bond acceptors (Lipinski definition) is 3. The molecule has 0 aliphatic rings. The van der Waals surface area contributed by atoms with Gasteiger partial charge in [-0.2, -0.15) is 0 Å². The van der Waals surface area contributed by atoms with Crippen molar-refractivity contribution in [1.29, 1.82) is 0 Å². The van der Waals surface area contributed by atoms with E-state index in [2.05, 4.69) is 21.5 Å². The predicted octanol–water partition coefficient (Wildman–Crippen LogP) is 2.62. The smallest absolute Gasteiger partial charge is 0.114 e. The van der Waals surface area contributed by atoms with E-state index in [1.54, 1.807) is 0 Å². The molecule has 0 unspecified atom stereocenters. The molecule has 2 N–H and O–H groups in total. The monoisotopic (exact) mass is 252 g/mol. The summed E-state index contributed by atoms with van der Waals surface area (Å²) in [6.45, 7) is 3.04. The highest BCUT2D eigenvalue weighted by atomic mass is 15.1. The van der Waals surface area contributed by atoms with Crippen molar-refractivity contribution in [3.8, 4) is 0 Å². The SMILES string of the molecule is CCn1c(Cc2ccc(N)cc2)nc2cnccc21. The zero-order chi connectivity index (χ0) is 13.2. The van der Waals surface area contributed by atoms with Gasteiger partial charge in [-0.15, -0.1) is 0 Å². The molecule has 0 amide bonds. The second kappa shape index (κ2) is 4.72. The molecule has 0 atom stereocenters. The lowest BCUT2D eigenvalue weighted by Gasteiger charge is -2.06. The van der Waals surface area contributed by atoms with Crippen LogP contribution in [-0.4, -0.2) is 14.5 Å². The van der Waals surface area contributed by atoms with E-state index < -0.39 is 0 Å². The Hall–Kier alpha value is -2.36. The Balaban J connectivity index is 2.02. The number of pyridine rings is 1. The van der Waals surface area contributed by atoms with E-state index >= 15 is 0 Å². The summed E-state index contributed by atoms with van der Waals surface area (Å²) >= 11 is 0. The zero-order valence-corrected chi connectivity index (χ0v) is 10.9. The van der Waals surface area contributed by atoms with Crippen molar-refractivity contribution < 1.29 is 0 Å². The van der Waals surface area contributed by atoms with E-state index in [0.717, 1.165) is 35.5 Å². The van der Waals surface area contributed by atoms with E-state index in [1.165, 1.54) is 5.56 Å². The fourth-order valence-electron chi connectivity index (χ4n) is 2.34. The van der Waals surface area contributed by atoms with Gasteiger partial charge in [0.05, 0.1) is 11.7 Å².